The van der Waals surface area contributed by atoms with E-state index < -0.39 is 18.2 Å². The SMILES string of the molecule is CC/C=C\C/C=C\C/C=C\C/C=C\C/C=C\CCCC(=O)OC(CCCCC\C=C/C=C/C=C/C=C/CC)CC(=O)NC(CO)C(O)CCCCCCCCCCCCCCCCC. The summed E-state index contributed by atoms with van der Waals surface area (Å²) < 4.78 is 5.89. The van der Waals surface area contributed by atoms with E-state index in [1.54, 1.807) is 0 Å². The van der Waals surface area contributed by atoms with Gasteiger partial charge in [0.2, 0.25) is 5.91 Å². The van der Waals surface area contributed by atoms with E-state index in [1.807, 2.05) is 30.4 Å². The van der Waals surface area contributed by atoms with E-state index >= 15 is 0 Å². The molecule has 0 aromatic rings. The molecule has 0 spiro atoms. The lowest BCUT2D eigenvalue weighted by Crippen LogP contribution is -2.46. The number of unbranched alkanes of at least 4 members (excludes halogenated alkanes) is 18. The summed E-state index contributed by atoms with van der Waals surface area (Å²) in [6, 6.07) is -0.733. The summed E-state index contributed by atoms with van der Waals surface area (Å²) >= 11 is 0. The number of hydrogen-bond acceptors (Lipinski definition) is 5. The van der Waals surface area contributed by atoms with Crippen molar-refractivity contribution >= 4 is 11.9 Å². The van der Waals surface area contributed by atoms with E-state index in [-0.39, 0.29) is 24.9 Å². The topological polar surface area (TPSA) is 95.9 Å². The Morgan fingerprint density at radius 3 is 1.45 bits per heavy atom. The van der Waals surface area contributed by atoms with Crippen LogP contribution < -0.4 is 5.32 Å². The highest BCUT2D eigenvalue weighted by atomic mass is 16.5. The molecule has 0 aliphatic carbocycles. The molecule has 364 valence electrons. The maximum atomic E-state index is 13.2. The standard InChI is InChI=1S/C58H97NO5/c1-4-7-10-13-16-19-22-25-27-28-30-33-36-39-42-45-48-51-58(63)64-54(49-46-43-40-37-34-31-24-21-18-15-12-9-6-3)52-57(62)59-55(53-60)56(61)50-47-44-41-38-35-32-29-26-23-20-17-14-11-8-5-2/h7,9-10,12,15-16,18-19,21,24-25,27,30-31,33-34,39,42,54-56,60-61H,4-6,8,11,13-14,17,20,22-23,26,28-29,32,35-38,40-41,43-53H2,1-3H3,(H,59,62)/b10-7-,12-9+,18-15+,19-16-,24-21+,27-25-,33-30-,34-31-,42-39-. The molecule has 0 aromatic carbocycles. The zero-order valence-corrected chi connectivity index (χ0v) is 41.4. The highest BCUT2D eigenvalue weighted by molar-refractivity contribution is 5.77. The molecular formula is C58H97NO5. The number of carbonyl (C=O) groups excluding carboxylic acids is 2. The lowest BCUT2D eigenvalue weighted by Gasteiger charge is -2.24. The maximum Gasteiger partial charge on any atom is 0.306 e. The lowest BCUT2D eigenvalue weighted by molar-refractivity contribution is -0.151. The van der Waals surface area contributed by atoms with E-state index in [0.29, 0.717) is 25.7 Å². The van der Waals surface area contributed by atoms with Crippen molar-refractivity contribution in [2.75, 3.05) is 6.61 Å². The molecule has 0 aromatic heterocycles. The Bertz CT molecular complexity index is 1320. The molecule has 6 heteroatoms. The molecule has 0 aliphatic rings. The largest absolute Gasteiger partial charge is 0.462 e. The second kappa shape index (κ2) is 50.5. The summed E-state index contributed by atoms with van der Waals surface area (Å²) in [7, 11) is 0. The molecule has 0 saturated heterocycles. The van der Waals surface area contributed by atoms with Gasteiger partial charge >= 0.3 is 5.97 Å². The first kappa shape index (κ1) is 60.5. The van der Waals surface area contributed by atoms with Gasteiger partial charge in [0.1, 0.15) is 6.10 Å². The van der Waals surface area contributed by atoms with Crippen LogP contribution in [0.25, 0.3) is 0 Å². The maximum absolute atomic E-state index is 13.2. The third-order valence-electron chi connectivity index (χ3n) is 11.2. The van der Waals surface area contributed by atoms with Crippen LogP contribution in [0.15, 0.2) is 109 Å². The third kappa shape index (κ3) is 45.1. The van der Waals surface area contributed by atoms with Crippen molar-refractivity contribution in [3.63, 3.8) is 0 Å². The number of aliphatic hydroxyl groups is 2. The first-order valence-corrected chi connectivity index (χ1v) is 26.2. The van der Waals surface area contributed by atoms with Gasteiger partial charge in [-0.3, -0.25) is 9.59 Å². The van der Waals surface area contributed by atoms with Gasteiger partial charge in [0.25, 0.3) is 0 Å². The number of allylic oxidation sites excluding steroid dienone is 18. The van der Waals surface area contributed by atoms with Gasteiger partial charge in [0, 0.05) is 6.42 Å². The summed E-state index contributed by atoms with van der Waals surface area (Å²) in [5.74, 6) is -0.592. The van der Waals surface area contributed by atoms with Crippen molar-refractivity contribution in [2.24, 2.45) is 0 Å². The number of amides is 1. The number of rotatable bonds is 45. The number of aliphatic hydroxyl groups excluding tert-OH is 2. The van der Waals surface area contributed by atoms with Crippen LogP contribution in [-0.4, -0.2) is 46.9 Å². The molecule has 6 nitrogen and oxygen atoms in total. The summed E-state index contributed by atoms with van der Waals surface area (Å²) in [5, 5.41) is 23.8. The monoisotopic (exact) mass is 888 g/mol. The van der Waals surface area contributed by atoms with Crippen LogP contribution in [0.2, 0.25) is 0 Å². The van der Waals surface area contributed by atoms with Gasteiger partial charge in [-0.25, -0.2) is 0 Å². The Hall–Kier alpha value is -3.48. The molecule has 0 aliphatic heterocycles. The second-order valence-corrected chi connectivity index (χ2v) is 17.3. The van der Waals surface area contributed by atoms with E-state index in [1.165, 1.54) is 77.0 Å². The van der Waals surface area contributed by atoms with Gasteiger partial charge in [0.05, 0.1) is 25.2 Å². The fourth-order valence-corrected chi connectivity index (χ4v) is 7.30. The fourth-order valence-electron chi connectivity index (χ4n) is 7.30. The number of hydrogen-bond donors (Lipinski definition) is 3. The normalized spacial score (nSPS) is 14.1. The van der Waals surface area contributed by atoms with Crippen LogP contribution in [0.4, 0.5) is 0 Å². The van der Waals surface area contributed by atoms with Crippen molar-refractivity contribution in [3.05, 3.63) is 109 Å². The molecule has 3 N–H and O–H groups in total. The van der Waals surface area contributed by atoms with Crippen LogP contribution in [-0.2, 0) is 14.3 Å². The summed E-state index contributed by atoms with van der Waals surface area (Å²) in [4.78, 5) is 26.1. The number of ether oxygens (including phenoxy) is 1. The first-order valence-electron chi connectivity index (χ1n) is 26.2. The van der Waals surface area contributed by atoms with E-state index in [4.69, 9.17) is 4.74 Å². The molecule has 64 heavy (non-hydrogen) atoms. The van der Waals surface area contributed by atoms with Gasteiger partial charge in [0.15, 0.2) is 0 Å². The number of nitrogens with one attached hydrogen (secondary N) is 1. The molecule has 0 saturated carbocycles. The molecule has 0 heterocycles. The highest BCUT2D eigenvalue weighted by Gasteiger charge is 2.24. The fraction of sp³-hybridized carbons (Fsp3) is 0.655. The summed E-state index contributed by atoms with van der Waals surface area (Å²) in [6.45, 7) is 6.20. The van der Waals surface area contributed by atoms with Crippen molar-refractivity contribution in [3.8, 4) is 0 Å². The zero-order chi connectivity index (χ0) is 46.7. The smallest absolute Gasteiger partial charge is 0.306 e. The van der Waals surface area contributed by atoms with Crippen LogP contribution >= 0.6 is 0 Å². The van der Waals surface area contributed by atoms with Crippen LogP contribution in [0.1, 0.15) is 220 Å². The Morgan fingerprint density at radius 1 is 0.484 bits per heavy atom. The van der Waals surface area contributed by atoms with Gasteiger partial charge in [-0.1, -0.05) is 233 Å². The molecule has 3 atom stereocenters. The summed E-state index contributed by atoms with van der Waals surface area (Å²) in [6.07, 6.45) is 68.7. The minimum Gasteiger partial charge on any atom is -0.462 e. The van der Waals surface area contributed by atoms with E-state index in [9.17, 15) is 19.8 Å². The first-order chi connectivity index (χ1) is 31.5. The van der Waals surface area contributed by atoms with Crippen molar-refractivity contribution in [1.29, 1.82) is 0 Å². The molecule has 0 radical (unpaired) electrons. The second-order valence-electron chi connectivity index (χ2n) is 17.3. The molecule has 0 rings (SSSR count). The van der Waals surface area contributed by atoms with E-state index in [2.05, 4.69) is 105 Å². The number of esters is 1. The Morgan fingerprint density at radius 2 is 0.922 bits per heavy atom. The average molecular weight is 888 g/mol. The van der Waals surface area contributed by atoms with E-state index in [0.717, 1.165) is 89.9 Å². The predicted molar refractivity (Wildman–Crippen MR) is 277 cm³/mol. The Balaban J connectivity index is 4.71. The average Bonchev–Trinajstić information content (AvgIpc) is 3.29. The number of carbonyl (C=O) groups is 2. The van der Waals surface area contributed by atoms with Crippen LogP contribution in [0.3, 0.4) is 0 Å². The minimum absolute atomic E-state index is 0.0222. The minimum atomic E-state index is -0.815. The predicted octanol–water partition coefficient (Wildman–Crippen LogP) is 15.9. The van der Waals surface area contributed by atoms with Crippen molar-refractivity contribution in [1.82, 2.24) is 5.32 Å². The molecule has 0 bridgehead atoms. The third-order valence-corrected chi connectivity index (χ3v) is 11.2. The Labute approximate surface area is 394 Å². The molecular weight excluding hydrogens is 791 g/mol. The van der Waals surface area contributed by atoms with Gasteiger partial charge in [-0.2, -0.15) is 0 Å². The quantitative estimate of drug-likeness (QED) is 0.0245. The molecule has 1 amide bonds. The van der Waals surface area contributed by atoms with Gasteiger partial charge < -0.3 is 20.3 Å². The Kier molecular flexibility index (Phi) is 47.8. The van der Waals surface area contributed by atoms with Crippen molar-refractivity contribution < 1.29 is 24.5 Å². The zero-order valence-electron chi connectivity index (χ0n) is 41.4. The molecule has 0 fully saturated rings. The lowest BCUT2D eigenvalue weighted by atomic mass is 10.0. The van der Waals surface area contributed by atoms with Crippen LogP contribution in [0.5, 0.6) is 0 Å². The highest BCUT2D eigenvalue weighted by Crippen LogP contribution is 2.17. The van der Waals surface area contributed by atoms with Crippen LogP contribution in [0, 0.1) is 0 Å². The van der Waals surface area contributed by atoms with Crippen molar-refractivity contribution in [2.45, 2.75) is 238 Å². The van der Waals surface area contributed by atoms with Gasteiger partial charge in [-0.05, 0) is 83.5 Å². The summed E-state index contributed by atoms with van der Waals surface area (Å²) in [5.41, 5.74) is 0. The van der Waals surface area contributed by atoms with Gasteiger partial charge in [-0.15, -0.1) is 0 Å². The molecule has 3 unspecified atom stereocenters.